The molecule has 1 amide bonds. The molecule has 258 valence electrons. The molecule has 1 N–H and O–H groups in total. The lowest BCUT2D eigenvalue weighted by atomic mass is 9.72. The number of fused-ring (bicyclic) bond motifs is 2. The molecule has 0 atom stereocenters. The van der Waals surface area contributed by atoms with Crippen LogP contribution in [0.2, 0.25) is 0 Å². The number of carbonyl (C=O) groups excluding carboxylic acids is 1. The Kier molecular flexibility index (Phi) is 7.73. The van der Waals surface area contributed by atoms with Crippen LogP contribution in [-0.2, 0) is 9.53 Å². The fourth-order valence-electron chi connectivity index (χ4n) is 7.97. The van der Waals surface area contributed by atoms with Gasteiger partial charge < -0.3 is 24.2 Å². The van der Waals surface area contributed by atoms with E-state index in [1.54, 1.807) is 13.3 Å². The number of benzene rings is 2. The Morgan fingerprint density at radius 2 is 1.86 bits per heavy atom. The highest BCUT2D eigenvalue weighted by Gasteiger charge is 2.47. The number of alkyl halides is 3. The Bertz CT molecular complexity index is 1930. The van der Waals surface area contributed by atoms with Gasteiger partial charge in [-0.1, -0.05) is 12.6 Å². The highest BCUT2D eigenvalue weighted by molar-refractivity contribution is 6.06. The van der Waals surface area contributed by atoms with Crippen molar-refractivity contribution in [3.8, 4) is 16.9 Å². The molecule has 49 heavy (non-hydrogen) atoms. The number of amides is 1. The van der Waals surface area contributed by atoms with Crippen molar-refractivity contribution in [3.63, 3.8) is 0 Å². The van der Waals surface area contributed by atoms with Crippen LogP contribution >= 0.6 is 0 Å². The van der Waals surface area contributed by atoms with Crippen molar-refractivity contribution in [1.82, 2.24) is 25.1 Å². The fourth-order valence-corrected chi connectivity index (χ4v) is 7.97. The van der Waals surface area contributed by atoms with Gasteiger partial charge in [0, 0.05) is 74.0 Å². The molecule has 3 aliphatic heterocycles. The standard InChI is InChI=1S/C36H40F3N7O3/c1-4-28(47)46-18-35(19-46)9-11-44(12-10-35)33-25-13-24(23-6-7-23)30(29-21(2)5-8-27-26(29)14-40-43-27)32(49-20-36(37,38)39)31(25)41-34(42-33)45-15-22(16-45)17-48-3/h4-5,8,13-14,22-23H,1,6-7,9-12,15-20H2,2-3H3,(H,40,43). The Hall–Kier alpha value is -4.39. The fraction of sp³-hybridized carbons (Fsp3) is 0.500. The number of carbonyl (C=O) groups is 1. The first-order valence-electron chi connectivity index (χ1n) is 17.0. The summed E-state index contributed by atoms with van der Waals surface area (Å²) in [6.07, 6.45) is 2.17. The molecule has 13 heteroatoms. The number of methoxy groups -OCH3 is 1. The van der Waals surface area contributed by atoms with Gasteiger partial charge in [0.15, 0.2) is 12.4 Å². The highest BCUT2D eigenvalue weighted by atomic mass is 19.4. The molecule has 1 aliphatic carbocycles. The van der Waals surface area contributed by atoms with Gasteiger partial charge in [0.1, 0.15) is 11.3 Å². The van der Waals surface area contributed by atoms with Gasteiger partial charge in [-0.25, -0.2) is 4.98 Å². The number of aromatic nitrogens is 4. The second kappa shape index (κ2) is 11.9. The quantitative estimate of drug-likeness (QED) is 0.216. The van der Waals surface area contributed by atoms with Crippen molar-refractivity contribution in [1.29, 1.82) is 0 Å². The molecule has 4 fully saturated rings. The summed E-state index contributed by atoms with van der Waals surface area (Å²) in [5.41, 5.74) is 4.56. The van der Waals surface area contributed by atoms with Gasteiger partial charge in [0.25, 0.3) is 0 Å². The number of aromatic amines is 1. The van der Waals surface area contributed by atoms with Crippen molar-refractivity contribution < 1.29 is 27.4 Å². The number of rotatable bonds is 9. The third kappa shape index (κ3) is 5.75. The summed E-state index contributed by atoms with van der Waals surface area (Å²) in [6, 6.07) is 6.01. The Morgan fingerprint density at radius 3 is 2.53 bits per heavy atom. The normalized spacial score (nSPS) is 19.4. The molecule has 8 rings (SSSR count). The summed E-state index contributed by atoms with van der Waals surface area (Å²) in [4.78, 5) is 28.5. The number of nitrogens with one attached hydrogen (secondary N) is 1. The summed E-state index contributed by atoms with van der Waals surface area (Å²) in [6.45, 7) is 8.98. The first kappa shape index (κ1) is 31.9. The maximum absolute atomic E-state index is 14.0. The zero-order valence-electron chi connectivity index (χ0n) is 27.8. The van der Waals surface area contributed by atoms with Gasteiger partial charge in [-0.15, -0.1) is 0 Å². The molecule has 10 nitrogen and oxygen atoms in total. The third-order valence-corrected chi connectivity index (χ3v) is 10.7. The number of piperidine rings is 1. The minimum absolute atomic E-state index is 0.0445. The first-order chi connectivity index (χ1) is 23.6. The third-order valence-electron chi connectivity index (χ3n) is 10.7. The smallest absolute Gasteiger partial charge is 0.422 e. The van der Waals surface area contributed by atoms with Gasteiger partial charge >= 0.3 is 6.18 Å². The molecule has 5 heterocycles. The number of H-pyrrole nitrogens is 1. The summed E-state index contributed by atoms with van der Waals surface area (Å²) in [7, 11) is 1.68. The maximum Gasteiger partial charge on any atom is 0.422 e. The minimum atomic E-state index is -4.55. The summed E-state index contributed by atoms with van der Waals surface area (Å²) in [5.74, 6) is 1.78. The molecule has 2 aromatic heterocycles. The van der Waals surface area contributed by atoms with Crippen molar-refractivity contribution in [2.45, 2.75) is 44.7 Å². The summed E-state index contributed by atoms with van der Waals surface area (Å²) >= 11 is 0. The number of halogens is 3. The van der Waals surface area contributed by atoms with Crippen LogP contribution in [-0.4, -0.2) is 96.7 Å². The predicted molar refractivity (Wildman–Crippen MR) is 181 cm³/mol. The molecule has 0 unspecified atom stereocenters. The Morgan fingerprint density at radius 1 is 1.10 bits per heavy atom. The molecule has 0 radical (unpaired) electrons. The number of hydrogen-bond acceptors (Lipinski definition) is 8. The number of anilines is 2. The van der Waals surface area contributed by atoms with Gasteiger partial charge in [-0.3, -0.25) is 9.89 Å². The number of hydrogen-bond donors (Lipinski definition) is 1. The van der Waals surface area contributed by atoms with E-state index in [1.165, 1.54) is 6.08 Å². The lowest BCUT2D eigenvalue weighted by Gasteiger charge is -2.54. The molecular weight excluding hydrogens is 635 g/mol. The van der Waals surface area contributed by atoms with Crippen LogP contribution in [0.5, 0.6) is 5.75 Å². The number of ether oxygens (including phenoxy) is 2. The summed E-state index contributed by atoms with van der Waals surface area (Å²) in [5, 5.41) is 8.81. The molecule has 0 bridgehead atoms. The number of likely N-dealkylation sites (tertiary alicyclic amines) is 1. The SMILES string of the molecule is C=CC(=O)N1CC2(CCN(c3nc(N4CC(COC)C4)nc4c(OCC(F)(F)F)c(-c5c(C)ccc6[nH]ncc56)c(C5CC5)cc34)CC2)C1. The zero-order valence-corrected chi connectivity index (χ0v) is 27.8. The van der Waals surface area contributed by atoms with Gasteiger partial charge in [0.05, 0.1) is 18.3 Å². The second-order valence-electron chi connectivity index (χ2n) is 14.3. The van der Waals surface area contributed by atoms with E-state index in [9.17, 15) is 18.0 Å². The van der Waals surface area contributed by atoms with Crippen molar-refractivity contribution in [2.75, 3.05) is 69.4 Å². The van der Waals surface area contributed by atoms with Crippen LogP contribution in [0.15, 0.2) is 37.1 Å². The lowest BCUT2D eigenvalue weighted by Crippen LogP contribution is -2.61. The van der Waals surface area contributed by atoms with Gasteiger partial charge in [-0.2, -0.15) is 23.3 Å². The number of aryl methyl sites for hydroxylation is 1. The number of nitrogens with zero attached hydrogens (tertiary/aromatic N) is 6. The van der Waals surface area contributed by atoms with E-state index in [1.807, 2.05) is 24.0 Å². The highest BCUT2D eigenvalue weighted by Crippen LogP contribution is 2.53. The van der Waals surface area contributed by atoms with E-state index < -0.39 is 12.8 Å². The first-order valence-corrected chi connectivity index (χ1v) is 17.0. The average molecular weight is 676 g/mol. The largest absolute Gasteiger partial charge is 0.481 e. The summed E-state index contributed by atoms with van der Waals surface area (Å²) < 4.78 is 53.2. The topological polar surface area (TPSA) is 99.7 Å². The van der Waals surface area contributed by atoms with E-state index in [0.29, 0.717) is 80.0 Å². The molecule has 4 aliphatic rings. The van der Waals surface area contributed by atoms with Crippen molar-refractivity contribution >= 4 is 39.5 Å². The lowest BCUT2D eigenvalue weighted by molar-refractivity contribution is -0.153. The maximum atomic E-state index is 14.0. The van der Waals surface area contributed by atoms with Crippen LogP contribution in [0.25, 0.3) is 32.9 Å². The van der Waals surface area contributed by atoms with Crippen molar-refractivity contribution in [2.24, 2.45) is 11.3 Å². The molecule has 3 saturated heterocycles. The van der Waals surface area contributed by atoms with Crippen LogP contribution in [0.1, 0.15) is 42.7 Å². The van der Waals surface area contributed by atoms with Crippen LogP contribution in [0, 0.1) is 18.3 Å². The molecule has 4 aromatic rings. The van der Waals surface area contributed by atoms with E-state index in [4.69, 9.17) is 19.4 Å². The van der Waals surface area contributed by atoms with E-state index in [-0.39, 0.29) is 23.0 Å². The second-order valence-corrected chi connectivity index (χ2v) is 14.3. The van der Waals surface area contributed by atoms with Crippen molar-refractivity contribution in [3.05, 3.63) is 48.2 Å². The predicted octanol–water partition coefficient (Wildman–Crippen LogP) is 6.00. The minimum Gasteiger partial charge on any atom is -0.481 e. The van der Waals surface area contributed by atoms with Crippen LogP contribution < -0.4 is 14.5 Å². The van der Waals surface area contributed by atoms with E-state index in [2.05, 4.69) is 32.6 Å². The van der Waals surface area contributed by atoms with Gasteiger partial charge in [0.2, 0.25) is 11.9 Å². The Balaban J connectivity index is 1.29. The molecular formula is C36H40F3N7O3. The molecule has 1 saturated carbocycles. The van der Waals surface area contributed by atoms with Crippen LogP contribution in [0.3, 0.4) is 0 Å². The zero-order chi connectivity index (χ0) is 34.1. The molecule has 2 aromatic carbocycles. The monoisotopic (exact) mass is 675 g/mol. The average Bonchev–Trinajstić information content (AvgIpc) is 3.79. The van der Waals surface area contributed by atoms with E-state index >= 15 is 0 Å². The molecule has 1 spiro atoms. The van der Waals surface area contributed by atoms with Crippen LogP contribution in [0.4, 0.5) is 24.9 Å². The van der Waals surface area contributed by atoms with E-state index in [0.717, 1.165) is 53.3 Å². The van der Waals surface area contributed by atoms with Gasteiger partial charge in [-0.05, 0) is 73.4 Å². The Labute approximate surface area is 282 Å².